The van der Waals surface area contributed by atoms with Crippen LogP contribution in [0.4, 0.5) is 26.3 Å². The predicted molar refractivity (Wildman–Crippen MR) is 195 cm³/mol. The van der Waals surface area contributed by atoms with Gasteiger partial charge in [-0.1, -0.05) is 47.5 Å². The van der Waals surface area contributed by atoms with Gasteiger partial charge >= 0.3 is 18.3 Å². The SMILES string of the molecule is Cc1cc(C(F)(F)F)c(-c2ccc(C[C@H](NC(=O)c3c(Cl)cccc3Cl)C(=O)O)c3cccnc23)c(=O)n1C.Cc1cc(C(F)(F)F)c(I)c(=O)n1C. The van der Waals surface area contributed by atoms with Crippen LogP contribution in [0.5, 0.6) is 0 Å². The Kier molecular flexibility index (Phi) is 12.4. The maximum Gasteiger partial charge on any atom is 0.417 e. The van der Waals surface area contributed by atoms with Gasteiger partial charge in [0, 0.05) is 49.1 Å². The van der Waals surface area contributed by atoms with E-state index in [1.165, 1.54) is 97.7 Å². The van der Waals surface area contributed by atoms with E-state index in [-0.39, 0.29) is 42.4 Å². The van der Waals surface area contributed by atoms with E-state index in [9.17, 15) is 50.6 Å². The lowest BCUT2D eigenvalue weighted by Crippen LogP contribution is -2.42. The van der Waals surface area contributed by atoms with E-state index in [0.717, 1.165) is 16.7 Å². The van der Waals surface area contributed by atoms with Gasteiger partial charge in [0.15, 0.2) is 0 Å². The molecule has 2 N–H and O–H groups in total. The van der Waals surface area contributed by atoms with Crippen LogP contribution in [0.1, 0.15) is 38.4 Å². The van der Waals surface area contributed by atoms with Crippen molar-refractivity contribution in [3.05, 3.63) is 129 Å². The van der Waals surface area contributed by atoms with Gasteiger partial charge in [-0.3, -0.25) is 19.4 Å². The molecule has 0 aliphatic heterocycles. The van der Waals surface area contributed by atoms with E-state index in [4.69, 9.17) is 23.2 Å². The van der Waals surface area contributed by atoms with Crippen LogP contribution in [-0.4, -0.2) is 37.1 Å². The van der Waals surface area contributed by atoms with Crippen molar-refractivity contribution in [1.29, 1.82) is 0 Å². The minimum atomic E-state index is -4.81. The number of amides is 1. The summed E-state index contributed by atoms with van der Waals surface area (Å²) < 4.78 is 81.2. The molecule has 0 bridgehead atoms. The molecule has 0 spiro atoms. The minimum absolute atomic E-state index is 0.0308. The van der Waals surface area contributed by atoms with Crippen molar-refractivity contribution in [2.24, 2.45) is 14.1 Å². The Balaban J connectivity index is 0.000000376. The summed E-state index contributed by atoms with van der Waals surface area (Å²) in [7, 11) is 2.82. The maximum atomic E-state index is 14.0. The Morgan fingerprint density at radius 2 is 1.42 bits per heavy atom. The van der Waals surface area contributed by atoms with E-state index >= 15 is 0 Å². The zero-order valence-electron chi connectivity index (χ0n) is 27.9. The lowest BCUT2D eigenvalue weighted by atomic mass is 9.93. The van der Waals surface area contributed by atoms with Crippen LogP contribution in [0.3, 0.4) is 0 Å². The lowest BCUT2D eigenvalue weighted by Gasteiger charge is -2.19. The number of aliphatic carboxylic acids is 1. The third-order valence-electron chi connectivity index (χ3n) is 8.24. The highest BCUT2D eigenvalue weighted by atomic mass is 127. The molecule has 0 saturated carbocycles. The number of hydrogen-bond acceptors (Lipinski definition) is 5. The van der Waals surface area contributed by atoms with Gasteiger partial charge in [0.05, 0.1) is 41.4 Å². The molecular formula is C35H27Cl2F6IN4O5. The number of aromatic nitrogens is 3. The first kappa shape index (κ1) is 41.3. The second-order valence-electron chi connectivity index (χ2n) is 11.6. The van der Waals surface area contributed by atoms with Gasteiger partial charge in [-0.25, -0.2) is 4.79 Å². The molecule has 53 heavy (non-hydrogen) atoms. The number of hydrogen-bond donors (Lipinski definition) is 2. The molecule has 280 valence electrons. The Morgan fingerprint density at radius 3 is 1.96 bits per heavy atom. The normalized spacial score (nSPS) is 12.2. The smallest absolute Gasteiger partial charge is 0.417 e. The van der Waals surface area contributed by atoms with Crippen LogP contribution < -0.4 is 16.4 Å². The zero-order chi connectivity index (χ0) is 39.7. The zero-order valence-corrected chi connectivity index (χ0v) is 31.6. The Morgan fingerprint density at radius 1 is 0.868 bits per heavy atom. The van der Waals surface area contributed by atoms with Crippen LogP contribution in [0, 0.1) is 17.4 Å². The monoisotopic (exact) mass is 894 g/mol. The highest BCUT2D eigenvalue weighted by Crippen LogP contribution is 2.38. The second kappa shape index (κ2) is 15.9. The molecule has 0 saturated heterocycles. The van der Waals surface area contributed by atoms with Gasteiger partial charge < -0.3 is 19.6 Å². The first-order valence-corrected chi connectivity index (χ1v) is 17.0. The third-order valence-corrected chi connectivity index (χ3v) is 9.91. The molecule has 3 aromatic heterocycles. The highest BCUT2D eigenvalue weighted by molar-refractivity contribution is 14.1. The van der Waals surface area contributed by atoms with Crippen molar-refractivity contribution in [1.82, 2.24) is 19.4 Å². The maximum absolute atomic E-state index is 14.0. The summed E-state index contributed by atoms with van der Waals surface area (Å²) in [6, 6.07) is 10.6. The summed E-state index contributed by atoms with van der Waals surface area (Å²) >= 11 is 13.6. The van der Waals surface area contributed by atoms with E-state index in [0.29, 0.717) is 16.6 Å². The topological polar surface area (TPSA) is 123 Å². The molecule has 5 aromatic rings. The number of rotatable bonds is 6. The number of halogens is 9. The number of pyridine rings is 3. The molecule has 2 aromatic carbocycles. The number of aryl methyl sites for hydroxylation is 2. The number of carbonyl (C=O) groups is 2. The fourth-order valence-electron chi connectivity index (χ4n) is 5.28. The molecule has 0 aliphatic carbocycles. The van der Waals surface area contributed by atoms with Gasteiger partial charge in [0.2, 0.25) is 0 Å². The first-order valence-electron chi connectivity index (χ1n) is 15.1. The van der Waals surface area contributed by atoms with E-state index < -0.39 is 58.1 Å². The fraction of sp³-hybridized carbons (Fsp3) is 0.229. The van der Waals surface area contributed by atoms with Gasteiger partial charge in [-0.2, -0.15) is 26.3 Å². The molecular weight excluding hydrogens is 868 g/mol. The molecule has 5 rings (SSSR count). The fourth-order valence-corrected chi connectivity index (χ4v) is 6.67. The van der Waals surface area contributed by atoms with Crippen LogP contribution in [0.2, 0.25) is 10.0 Å². The van der Waals surface area contributed by atoms with Crippen molar-refractivity contribution in [2.75, 3.05) is 0 Å². The average Bonchev–Trinajstić information content (AvgIpc) is 3.07. The van der Waals surface area contributed by atoms with Crippen molar-refractivity contribution in [3.8, 4) is 11.1 Å². The van der Waals surface area contributed by atoms with Crippen LogP contribution in [0.25, 0.3) is 22.0 Å². The lowest BCUT2D eigenvalue weighted by molar-refractivity contribution is -0.139. The molecule has 0 radical (unpaired) electrons. The number of carbonyl (C=O) groups excluding carboxylic acids is 1. The van der Waals surface area contributed by atoms with Gasteiger partial charge in [0.1, 0.15) is 6.04 Å². The average molecular weight is 895 g/mol. The molecule has 3 heterocycles. The van der Waals surface area contributed by atoms with Crippen molar-refractivity contribution in [3.63, 3.8) is 0 Å². The Bertz CT molecular complexity index is 2360. The van der Waals surface area contributed by atoms with Gasteiger partial charge in [-0.15, -0.1) is 0 Å². The largest absolute Gasteiger partial charge is 0.480 e. The second-order valence-corrected chi connectivity index (χ2v) is 13.5. The molecule has 1 amide bonds. The molecule has 0 fully saturated rings. The number of nitrogens with zero attached hydrogens (tertiary/aromatic N) is 3. The molecule has 18 heteroatoms. The molecule has 0 unspecified atom stereocenters. The number of fused-ring (bicyclic) bond motifs is 1. The van der Waals surface area contributed by atoms with Crippen molar-refractivity contribution < 1.29 is 41.0 Å². The standard InChI is InChI=1S/C27H20Cl2F3N3O4.C8H7F3INO/c1-13-11-17(27(30,31)32)21(25(37)35(13)2)16-9-8-14(15-5-4-10-33-23(15)16)12-20(26(38)39)34-24(36)22-18(28)6-3-7-19(22)29;1-4-3-5(8(9,10)11)6(12)7(14)13(4)2/h3-11,20H,12H2,1-2H3,(H,34,36)(H,38,39);3H,1-2H3/t20-;/m0./s1. The summed E-state index contributed by atoms with van der Waals surface area (Å²) in [5.41, 5.74) is -3.28. The number of carboxylic acids is 1. The predicted octanol–water partition coefficient (Wildman–Crippen LogP) is 7.98. The van der Waals surface area contributed by atoms with Crippen LogP contribution in [0.15, 0.2) is 70.4 Å². The van der Waals surface area contributed by atoms with E-state index in [2.05, 4.69) is 10.3 Å². The van der Waals surface area contributed by atoms with Crippen molar-refractivity contribution >= 4 is 68.6 Å². The summed E-state index contributed by atoms with van der Waals surface area (Å²) in [5, 5.41) is 12.6. The minimum Gasteiger partial charge on any atom is -0.480 e. The van der Waals surface area contributed by atoms with Gasteiger partial charge in [-0.05, 0) is 72.3 Å². The van der Waals surface area contributed by atoms with Crippen molar-refractivity contribution in [2.45, 2.75) is 38.7 Å². The summed E-state index contributed by atoms with van der Waals surface area (Å²) in [6.45, 7) is 2.86. The highest BCUT2D eigenvalue weighted by Gasteiger charge is 2.37. The van der Waals surface area contributed by atoms with E-state index in [1.54, 1.807) is 6.07 Å². The number of nitrogens with one attached hydrogen (secondary N) is 1. The number of carboxylic acid groups (broad SMARTS) is 1. The van der Waals surface area contributed by atoms with Crippen LogP contribution >= 0.6 is 45.8 Å². The summed E-state index contributed by atoms with van der Waals surface area (Å²) in [5.74, 6) is -2.17. The summed E-state index contributed by atoms with van der Waals surface area (Å²) in [4.78, 5) is 53.5. The van der Waals surface area contributed by atoms with E-state index in [1.807, 2.05) is 0 Å². The quantitative estimate of drug-likeness (QED) is 0.132. The number of alkyl halides is 6. The molecule has 1 atom stereocenters. The molecule has 9 nitrogen and oxygen atoms in total. The number of benzene rings is 2. The summed E-state index contributed by atoms with van der Waals surface area (Å²) in [6.07, 6.45) is -8.16. The first-order chi connectivity index (χ1) is 24.6. The Hall–Kier alpha value is -4.42. The third kappa shape index (κ3) is 8.87. The Labute approximate surface area is 320 Å². The molecule has 0 aliphatic rings. The van der Waals surface area contributed by atoms with Gasteiger partial charge in [0.25, 0.3) is 17.0 Å². The van der Waals surface area contributed by atoms with Crippen LogP contribution in [-0.2, 0) is 37.7 Å².